The van der Waals surface area contributed by atoms with Gasteiger partial charge in [-0.3, -0.25) is 10.1 Å². The van der Waals surface area contributed by atoms with Gasteiger partial charge in [0.1, 0.15) is 5.76 Å². The Balaban J connectivity index is 1.80. The molecule has 0 aliphatic rings. The number of anilines is 1. The van der Waals surface area contributed by atoms with E-state index in [1.165, 1.54) is 11.3 Å². The normalized spacial score (nSPS) is 11.2. The predicted octanol–water partition coefficient (Wildman–Crippen LogP) is 3.66. The molecule has 2 heterocycles. The highest BCUT2D eigenvalue weighted by atomic mass is 32.1. The monoisotopic (exact) mass is 287 g/mol. The van der Waals surface area contributed by atoms with Crippen molar-refractivity contribution in [1.82, 2.24) is 10.1 Å². The number of para-hydroxylation sites is 1. The van der Waals surface area contributed by atoms with Crippen molar-refractivity contribution in [2.75, 3.05) is 5.32 Å². The largest absolute Gasteiger partial charge is 0.360 e. The van der Waals surface area contributed by atoms with Crippen molar-refractivity contribution in [2.24, 2.45) is 0 Å². The molecule has 5 nitrogen and oxygen atoms in total. The van der Waals surface area contributed by atoms with E-state index >= 15 is 0 Å². The van der Waals surface area contributed by atoms with E-state index in [1.54, 1.807) is 6.07 Å². The summed E-state index contributed by atoms with van der Waals surface area (Å²) in [6.45, 7) is 3.96. The zero-order valence-electron chi connectivity index (χ0n) is 11.1. The van der Waals surface area contributed by atoms with Crippen LogP contribution in [0.5, 0.6) is 0 Å². The third-order valence-electron chi connectivity index (χ3n) is 2.84. The summed E-state index contributed by atoms with van der Waals surface area (Å²) in [5.74, 6) is 0.589. The number of benzene rings is 1. The van der Waals surface area contributed by atoms with E-state index in [1.807, 2.05) is 38.1 Å². The first-order chi connectivity index (χ1) is 9.63. The lowest BCUT2D eigenvalue weighted by Crippen LogP contribution is -2.11. The Bertz CT molecular complexity index is 727. The minimum absolute atomic E-state index is 0.200. The lowest BCUT2D eigenvalue weighted by Gasteiger charge is -1.96. The van der Waals surface area contributed by atoms with Crippen LogP contribution in [0.15, 0.2) is 34.9 Å². The van der Waals surface area contributed by atoms with Gasteiger partial charge in [-0.25, -0.2) is 4.98 Å². The van der Waals surface area contributed by atoms with Gasteiger partial charge in [0.15, 0.2) is 10.8 Å². The molecule has 1 aromatic carbocycles. The summed E-state index contributed by atoms with van der Waals surface area (Å²) in [5.41, 5.74) is 1.14. The maximum atomic E-state index is 12.1. The number of rotatable bonds is 3. The highest BCUT2D eigenvalue weighted by molar-refractivity contribution is 7.22. The van der Waals surface area contributed by atoms with Crippen LogP contribution in [0.25, 0.3) is 10.2 Å². The molecule has 20 heavy (non-hydrogen) atoms. The van der Waals surface area contributed by atoms with Crippen LogP contribution in [0.1, 0.15) is 36.0 Å². The third-order valence-corrected chi connectivity index (χ3v) is 3.80. The summed E-state index contributed by atoms with van der Waals surface area (Å²) in [6.07, 6.45) is 0. The third kappa shape index (κ3) is 2.42. The standard InChI is InChI=1S/C14H13N3O2S/c1-8(2)11-7-10(17-19-11)13(18)16-14-15-9-5-3-4-6-12(9)20-14/h3-8H,1-2H3,(H,15,16,18). The number of amides is 1. The van der Waals surface area contributed by atoms with Gasteiger partial charge in [0.2, 0.25) is 0 Å². The molecular weight excluding hydrogens is 274 g/mol. The van der Waals surface area contributed by atoms with Crippen LogP contribution in [0.2, 0.25) is 0 Å². The summed E-state index contributed by atoms with van der Waals surface area (Å²) in [5, 5.41) is 7.08. The van der Waals surface area contributed by atoms with Crippen molar-refractivity contribution in [3.63, 3.8) is 0 Å². The molecule has 1 N–H and O–H groups in total. The van der Waals surface area contributed by atoms with Crippen molar-refractivity contribution in [3.05, 3.63) is 41.8 Å². The minimum Gasteiger partial charge on any atom is -0.360 e. The molecule has 0 aliphatic carbocycles. The number of carbonyl (C=O) groups is 1. The Kier molecular flexibility index (Phi) is 3.23. The van der Waals surface area contributed by atoms with Crippen LogP contribution >= 0.6 is 11.3 Å². The van der Waals surface area contributed by atoms with Crippen molar-refractivity contribution in [3.8, 4) is 0 Å². The van der Waals surface area contributed by atoms with Gasteiger partial charge in [0.05, 0.1) is 10.2 Å². The van der Waals surface area contributed by atoms with E-state index in [0.29, 0.717) is 10.9 Å². The second-order valence-electron chi connectivity index (χ2n) is 4.71. The number of carbonyl (C=O) groups excluding carboxylic acids is 1. The molecule has 0 atom stereocenters. The zero-order valence-corrected chi connectivity index (χ0v) is 11.9. The molecule has 2 aromatic heterocycles. The molecule has 0 radical (unpaired) electrons. The lowest BCUT2D eigenvalue weighted by molar-refractivity contribution is 0.101. The van der Waals surface area contributed by atoms with Crippen molar-refractivity contribution >= 4 is 32.6 Å². The molecule has 0 aliphatic heterocycles. The first-order valence-electron chi connectivity index (χ1n) is 6.27. The van der Waals surface area contributed by atoms with Crippen LogP contribution in [-0.4, -0.2) is 16.0 Å². The van der Waals surface area contributed by atoms with Crippen LogP contribution < -0.4 is 5.32 Å². The second-order valence-corrected chi connectivity index (χ2v) is 5.74. The molecule has 3 rings (SSSR count). The van der Waals surface area contributed by atoms with E-state index in [0.717, 1.165) is 10.2 Å². The Morgan fingerprint density at radius 1 is 1.35 bits per heavy atom. The fraction of sp³-hybridized carbons (Fsp3) is 0.214. The van der Waals surface area contributed by atoms with Gasteiger partial charge in [-0.05, 0) is 12.1 Å². The van der Waals surface area contributed by atoms with E-state index < -0.39 is 0 Å². The fourth-order valence-corrected chi connectivity index (χ4v) is 2.62. The molecule has 1 amide bonds. The zero-order chi connectivity index (χ0) is 14.1. The van der Waals surface area contributed by atoms with Gasteiger partial charge in [-0.1, -0.05) is 42.5 Å². The average molecular weight is 287 g/mol. The molecule has 0 unspecified atom stereocenters. The SMILES string of the molecule is CC(C)c1cc(C(=O)Nc2nc3ccccc3s2)no1. The molecule has 6 heteroatoms. The van der Waals surface area contributed by atoms with Crippen molar-refractivity contribution in [2.45, 2.75) is 19.8 Å². The van der Waals surface area contributed by atoms with Gasteiger partial charge in [-0.2, -0.15) is 0 Å². The lowest BCUT2D eigenvalue weighted by atomic mass is 10.1. The molecule has 3 aromatic rings. The maximum Gasteiger partial charge on any atom is 0.279 e. The topological polar surface area (TPSA) is 68.0 Å². The van der Waals surface area contributed by atoms with Crippen molar-refractivity contribution < 1.29 is 9.32 Å². The molecule has 0 saturated carbocycles. The molecular formula is C14H13N3O2S. The van der Waals surface area contributed by atoms with E-state index in [2.05, 4.69) is 15.5 Å². The molecule has 0 spiro atoms. The number of hydrogen-bond acceptors (Lipinski definition) is 5. The van der Waals surface area contributed by atoms with Crippen LogP contribution in [0.4, 0.5) is 5.13 Å². The Morgan fingerprint density at radius 2 is 2.15 bits per heavy atom. The summed E-state index contributed by atoms with van der Waals surface area (Å²) in [6, 6.07) is 9.40. The van der Waals surface area contributed by atoms with Gasteiger partial charge >= 0.3 is 0 Å². The predicted molar refractivity (Wildman–Crippen MR) is 78.2 cm³/mol. The van der Waals surface area contributed by atoms with E-state index in [-0.39, 0.29) is 17.5 Å². The average Bonchev–Trinajstić information content (AvgIpc) is 3.04. The highest BCUT2D eigenvalue weighted by Gasteiger charge is 2.16. The van der Waals surface area contributed by atoms with Crippen LogP contribution in [0, 0.1) is 0 Å². The van der Waals surface area contributed by atoms with E-state index in [9.17, 15) is 4.79 Å². The summed E-state index contributed by atoms with van der Waals surface area (Å²) >= 11 is 1.43. The summed E-state index contributed by atoms with van der Waals surface area (Å²) in [4.78, 5) is 16.4. The van der Waals surface area contributed by atoms with Gasteiger partial charge < -0.3 is 4.52 Å². The first kappa shape index (κ1) is 12.8. The molecule has 102 valence electrons. The Labute approximate surface area is 119 Å². The van der Waals surface area contributed by atoms with Crippen LogP contribution in [0.3, 0.4) is 0 Å². The number of fused-ring (bicyclic) bond motifs is 1. The highest BCUT2D eigenvalue weighted by Crippen LogP contribution is 2.25. The van der Waals surface area contributed by atoms with Gasteiger partial charge in [-0.15, -0.1) is 0 Å². The number of hydrogen-bond donors (Lipinski definition) is 1. The fourth-order valence-electron chi connectivity index (χ4n) is 1.76. The van der Waals surface area contributed by atoms with E-state index in [4.69, 9.17) is 4.52 Å². The minimum atomic E-state index is -0.306. The first-order valence-corrected chi connectivity index (χ1v) is 7.08. The number of nitrogens with zero attached hydrogens (tertiary/aromatic N) is 2. The van der Waals surface area contributed by atoms with Gasteiger partial charge in [0.25, 0.3) is 5.91 Å². The molecule has 0 fully saturated rings. The smallest absolute Gasteiger partial charge is 0.279 e. The summed E-state index contributed by atoms with van der Waals surface area (Å²) in [7, 11) is 0. The quantitative estimate of drug-likeness (QED) is 0.798. The number of nitrogens with one attached hydrogen (secondary N) is 1. The summed E-state index contributed by atoms with van der Waals surface area (Å²) < 4.78 is 6.15. The molecule has 0 bridgehead atoms. The Morgan fingerprint density at radius 3 is 2.85 bits per heavy atom. The maximum absolute atomic E-state index is 12.1. The van der Waals surface area contributed by atoms with Gasteiger partial charge in [0, 0.05) is 12.0 Å². The van der Waals surface area contributed by atoms with Crippen LogP contribution in [-0.2, 0) is 0 Å². The molecule has 0 saturated heterocycles. The number of thiazole rings is 1. The number of aromatic nitrogens is 2. The van der Waals surface area contributed by atoms with Crippen molar-refractivity contribution in [1.29, 1.82) is 0 Å². The Hall–Kier alpha value is -2.21. The second kappa shape index (κ2) is 5.05.